The topological polar surface area (TPSA) is 52.6 Å². The summed E-state index contributed by atoms with van der Waals surface area (Å²) in [5.74, 6) is -1.09. The Balaban J connectivity index is 3.32. The van der Waals surface area contributed by atoms with E-state index in [0.717, 1.165) is 0 Å². The second kappa shape index (κ2) is 8.82. The van der Waals surface area contributed by atoms with Crippen molar-refractivity contribution in [1.29, 1.82) is 0 Å². The van der Waals surface area contributed by atoms with Gasteiger partial charge in [0, 0.05) is 5.33 Å². The van der Waals surface area contributed by atoms with Gasteiger partial charge < -0.3 is 9.47 Å². The van der Waals surface area contributed by atoms with Gasteiger partial charge in [-0.3, -0.25) is 9.59 Å². The van der Waals surface area contributed by atoms with Crippen LogP contribution >= 0.6 is 15.9 Å². The zero-order valence-corrected chi connectivity index (χ0v) is 14.0. The van der Waals surface area contributed by atoms with E-state index in [1.54, 1.807) is 38.1 Å². The van der Waals surface area contributed by atoms with E-state index in [9.17, 15) is 9.59 Å². The van der Waals surface area contributed by atoms with Gasteiger partial charge in [0.05, 0.1) is 13.2 Å². The molecule has 21 heavy (non-hydrogen) atoms. The van der Waals surface area contributed by atoms with Crippen LogP contribution < -0.4 is 0 Å². The Bertz CT molecular complexity index is 441. The summed E-state index contributed by atoms with van der Waals surface area (Å²) in [6.45, 7) is 3.90. The molecule has 0 spiro atoms. The Kier molecular flexibility index (Phi) is 7.43. The third kappa shape index (κ3) is 4.06. The number of carbonyl (C=O) groups is 2. The van der Waals surface area contributed by atoms with Gasteiger partial charge >= 0.3 is 11.9 Å². The number of hydrogen-bond donors (Lipinski definition) is 0. The minimum Gasteiger partial charge on any atom is -0.465 e. The van der Waals surface area contributed by atoms with Crippen LogP contribution in [0, 0.1) is 0 Å². The summed E-state index contributed by atoms with van der Waals surface area (Å²) in [6.07, 6.45) is 1.01. The number of ether oxygens (including phenoxy) is 2. The van der Waals surface area contributed by atoms with Crippen LogP contribution in [0.3, 0.4) is 0 Å². The molecule has 4 nitrogen and oxygen atoms in total. The largest absolute Gasteiger partial charge is 0.465 e. The molecule has 0 saturated carbocycles. The predicted molar refractivity (Wildman–Crippen MR) is 84.4 cm³/mol. The molecule has 0 N–H and O–H groups in total. The van der Waals surface area contributed by atoms with Crippen molar-refractivity contribution < 1.29 is 19.1 Å². The highest BCUT2D eigenvalue weighted by Gasteiger charge is 2.49. The highest BCUT2D eigenvalue weighted by molar-refractivity contribution is 9.09. The van der Waals surface area contributed by atoms with Crippen LogP contribution in [0.4, 0.5) is 0 Å². The second-order valence-electron chi connectivity index (χ2n) is 4.50. The lowest BCUT2D eigenvalue weighted by molar-refractivity contribution is -0.165. The van der Waals surface area contributed by atoms with E-state index in [4.69, 9.17) is 9.47 Å². The van der Waals surface area contributed by atoms with Gasteiger partial charge in [-0.15, -0.1) is 0 Å². The van der Waals surface area contributed by atoms with Gasteiger partial charge in [-0.25, -0.2) is 0 Å². The molecule has 1 rings (SSSR count). The number of alkyl halides is 1. The fraction of sp³-hybridized carbons (Fsp3) is 0.500. The quantitative estimate of drug-likeness (QED) is 0.407. The van der Waals surface area contributed by atoms with Crippen LogP contribution in [0.2, 0.25) is 0 Å². The van der Waals surface area contributed by atoms with Gasteiger partial charge in [0.2, 0.25) is 0 Å². The van der Waals surface area contributed by atoms with Crippen LogP contribution in [0.15, 0.2) is 30.3 Å². The number of hydrogen-bond acceptors (Lipinski definition) is 4. The molecular weight excluding hydrogens is 336 g/mol. The average Bonchev–Trinajstić information content (AvgIpc) is 2.50. The normalized spacial score (nSPS) is 11.0. The summed E-state index contributed by atoms with van der Waals surface area (Å²) >= 11 is 3.35. The first-order valence-electron chi connectivity index (χ1n) is 7.09. The van der Waals surface area contributed by atoms with Crippen molar-refractivity contribution in [1.82, 2.24) is 0 Å². The van der Waals surface area contributed by atoms with E-state index in [1.165, 1.54) is 0 Å². The fourth-order valence-corrected chi connectivity index (χ4v) is 2.51. The van der Waals surface area contributed by atoms with Crippen molar-refractivity contribution in [2.24, 2.45) is 0 Å². The standard InChI is InChI=1S/C16H21BrO4/c1-3-20-14(18)16(11-8-12-17,15(19)21-4-2)13-9-6-5-7-10-13/h5-7,9-10H,3-4,8,11-12H2,1-2H3. The maximum atomic E-state index is 12.5. The maximum Gasteiger partial charge on any atom is 0.328 e. The first-order chi connectivity index (χ1) is 10.1. The highest BCUT2D eigenvalue weighted by atomic mass is 79.9. The van der Waals surface area contributed by atoms with Gasteiger partial charge in [0.25, 0.3) is 0 Å². The van der Waals surface area contributed by atoms with Crippen LogP contribution in [-0.2, 0) is 24.5 Å². The number of rotatable bonds is 8. The van der Waals surface area contributed by atoms with Crippen molar-refractivity contribution >= 4 is 27.9 Å². The third-order valence-corrected chi connectivity index (χ3v) is 3.76. The van der Waals surface area contributed by atoms with Crippen molar-refractivity contribution in [2.45, 2.75) is 32.1 Å². The van der Waals surface area contributed by atoms with Crippen LogP contribution in [0.25, 0.3) is 0 Å². The zero-order valence-electron chi connectivity index (χ0n) is 12.4. The summed E-state index contributed by atoms with van der Waals surface area (Å²) in [5, 5.41) is 0.695. The summed E-state index contributed by atoms with van der Waals surface area (Å²) in [7, 11) is 0. The molecule has 1 aromatic carbocycles. The van der Waals surface area contributed by atoms with E-state index in [2.05, 4.69) is 15.9 Å². The SMILES string of the molecule is CCOC(=O)C(CCCBr)(C(=O)OCC)c1ccccc1. The predicted octanol–water partition coefficient (Wildman–Crippen LogP) is 3.23. The van der Waals surface area contributed by atoms with E-state index in [0.29, 0.717) is 23.7 Å². The summed E-state index contributed by atoms with van der Waals surface area (Å²) in [4.78, 5) is 25.1. The zero-order chi connectivity index (χ0) is 15.7. The van der Waals surface area contributed by atoms with Crippen molar-refractivity contribution in [3.63, 3.8) is 0 Å². The molecule has 0 aliphatic heterocycles. The number of halogens is 1. The van der Waals surface area contributed by atoms with Gasteiger partial charge in [0.15, 0.2) is 5.41 Å². The molecule has 0 radical (unpaired) electrons. The fourth-order valence-electron chi connectivity index (χ4n) is 2.23. The molecule has 116 valence electrons. The van der Waals surface area contributed by atoms with Crippen LogP contribution in [-0.4, -0.2) is 30.5 Å². The highest BCUT2D eigenvalue weighted by Crippen LogP contribution is 2.33. The molecule has 0 fully saturated rings. The van der Waals surface area contributed by atoms with Gasteiger partial charge in [-0.2, -0.15) is 0 Å². The van der Waals surface area contributed by atoms with E-state index in [1.807, 2.05) is 6.07 Å². The van der Waals surface area contributed by atoms with E-state index >= 15 is 0 Å². The first-order valence-corrected chi connectivity index (χ1v) is 8.21. The average molecular weight is 357 g/mol. The Morgan fingerprint density at radius 2 is 1.57 bits per heavy atom. The van der Waals surface area contributed by atoms with E-state index in [-0.39, 0.29) is 13.2 Å². The lowest BCUT2D eigenvalue weighted by Gasteiger charge is -2.29. The molecule has 0 bridgehead atoms. The summed E-state index contributed by atoms with van der Waals surface area (Å²) < 4.78 is 10.3. The molecule has 0 amide bonds. The summed E-state index contributed by atoms with van der Waals surface area (Å²) in [6, 6.07) is 8.98. The Labute approximate surface area is 133 Å². The lowest BCUT2D eigenvalue weighted by Crippen LogP contribution is -2.46. The number of carbonyl (C=O) groups excluding carboxylic acids is 2. The molecule has 0 heterocycles. The van der Waals surface area contributed by atoms with Gasteiger partial charge in [0.1, 0.15) is 0 Å². The summed E-state index contributed by atoms with van der Waals surface area (Å²) in [5.41, 5.74) is -0.774. The second-order valence-corrected chi connectivity index (χ2v) is 5.30. The molecule has 0 aromatic heterocycles. The van der Waals surface area contributed by atoms with Crippen LogP contribution in [0.5, 0.6) is 0 Å². The van der Waals surface area contributed by atoms with Crippen LogP contribution in [0.1, 0.15) is 32.3 Å². The smallest absolute Gasteiger partial charge is 0.328 e. The maximum absolute atomic E-state index is 12.5. The minimum atomic E-state index is -1.39. The molecular formula is C16H21BrO4. The molecule has 0 aliphatic rings. The third-order valence-electron chi connectivity index (χ3n) is 3.20. The Morgan fingerprint density at radius 3 is 2.00 bits per heavy atom. The molecule has 0 unspecified atom stereocenters. The Hall–Kier alpha value is -1.36. The monoisotopic (exact) mass is 356 g/mol. The lowest BCUT2D eigenvalue weighted by atomic mass is 9.76. The van der Waals surface area contributed by atoms with Crippen molar-refractivity contribution in [2.75, 3.05) is 18.5 Å². The number of benzene rings is 1. The molecule has 0 atom stereocenters. The Morgan fingerprint density at radius 1 is 1.05 bits per heavy atom. The first kappa shape index (κ1) is 17.7. The van der Waals surface area contributed by atoms with E-state index < -0.39 is 17.4 Å². The molecule has 0 saturated heterocycles. The minimum absolute atomic E-state index is 0.223. The molecule has 1 aromatic rings. The van der Waals surface area contributed by atoms with Crippen molar-refractivity contribution in [3.05, 3.63) is 35.9 Å². The molecule has 5 heteroatoms. The number of esters is 2. The van der Waals surface area contributed by atoms with Crippen molar-refractivity contribution in [3.8, 4) is 0 Å². The van der Waals surface area contributed by atoms with Gasteiger partial charge in [-0.05, 0) is 32.3 Å². The molecule has 0 aliphatic carbocycles. The van der Waals surface area contributed by atoms with Gasteiger partial charge in [-0.1, -0.05) is 46.3 Å².